The Kier molecular flexibility index (Phi) is 18.1. The maximum Gasteiger partial charge on any atom is 0.308 e. The van der Waals surface area contributed by atoms with Crippen LogP contribution in [0.1, 0.15) is 80.6 Å². The zero-order valence-corrected chi connectivity index (χ0v) is 24.1. The number of hydrogen-bond acceptors (Lipinski definition) is 5. The van der Waals surface area contributed by atoms with Gasteiger partial charge in [0.1, 0.15) is 6.10 Å². The molecule has 0 aliphatic carbocycles. The second-order valence-electron chi connectivity index (χ2n) is 9.33. The molecule has 32 heavy (non-hydrogen) atoms. The fourth-order valence-corrected chi connectivity index (χ4v) is 4.78. The molecular weight excluding hydrogens is 519 g/mol. The summed E-state index contributed by atoms with van der Waals surface area (Å²) in [6, 6.07) is 0. The third kappa shape index (κ3) is 11.8. The Morgan fingerprint density at radius 1 is 0.969 bits per heavy atom. The minimum absolute atomic E-state index is 0.0218. The average molecular weight is 569 g/mol. The number of hydrogen-bond donors (Lipinski definition) is 0. The van der Waals surface area contributed by atoms with Crippen LogP contribution in [0.2, 0.25) is 0 Å². The third-order valence-corrected chi connectivity index (χ3v) is 6.78. The van der Waals surface area contributed by atoms with E-state index in [0.717, 1.165) is 38.7 Å². The highest BCUT2D eigenvalue weighted by Gasteiger charge is 2.33. The molecule has 0 rings (SSSR count). The van der Waals surface area contributed by atoms with Gasteiger partial charge in [0.05, 0.1) is 24.2 Å². The Labute approximate surface area is 211 Å². The van der Waals surface area contributed by atoms with E-state index in [1.165, 1.54) is 0 Å². The molecule has 0 N–H and O–H groups in total. The molecule has 0 aromatic rings. The summed E-state index contributed by atoms with van der Waals surface area (Å²) in [5.41, 5.74) is 0. The second kappa shape index (κ2) is 18.2. The lowest BCUT2D eigenvalue weighted by Gasteiger charge is -2.34. The molecule has 0 saturated carbocycles. The van der Waals surface area contributed by atoms with Gasteiger partial charge in [-0.2, -0.15) is 0 Å². The smallest absolute Gasteiger partial charge is 0.308 e. The molecule has 0 heterocycles. The van der Waals surface area contributed by atoms with Gasteiger partial charge in [0.2, 0.25) is 0 Å². The molecule has 0 amide bonds. The van der Waals surface area contributed by atoms with E-state index in [4.69, 9.17) is 18.9 Å². The zero-order chi connectivity index (χ0) is 24.7. The first-order chi connectivity index (χ1) is 15.2. The number of carbonyl (C=O) groups excluding carboxylic acids is 1. The molecule has 0 fully saturated rings. The molecule has 0 aromatic heterocycles. The minimum Gasteiger partial charge on any atom is -0.462 e. The molecule has 0 aliphatic rings. The van der Waals surface area contributed by atoms with Crippen LogP contribution < -0.4 is 0 Å². The number of methoxy groups -OCH3 is 2. The van der Waals surface area contributed by atoms with Crippen molar-refractivity contribution in [1.29, 1.82) is 0 Å². The van der Waals surface area contributed by atoms with Crippen LogP contribution in [0.5, 0.6) is 0 Å². The van der Waals surface area contributed by atoms with Crippen molar-refractivity contribution in [1.82, 2.24) is 0 Å². The summed E-state index contributed by atoms with van der Waals surface area (Å²) in [6.07, 6.45) is 6.85. The summed E-state index contributed by atoms with van der Waals surface area (Å²) < 4.78 is 25.7. The van der Waals surface area contributed by atoms with Crippen molar-refractivity contribution in [3.05, 3.63) is 10.2 Å². The lowest BCUT2D eigenvalue weighted by Crippen LogP contribution is -2.39. The summed E-state index contributed by atoms with van der Waals surface area (Å²) >= 11 is 2.23. The Morgan fingerprint density at radius 2 is 1.62 bits per heavy atom. The van der Waals surface area contributed by atoms with E-state index in [9.17, 15) is 4.79 Å². The molecule has 0 saturated heterocycles. The fraction of sp³-hybridized carbons (Fsp3) is 0.885. The Balaban J connectivity index is 5.30. The summed E-state index contributed by atoms with van der Waals surface area (Å²) in [6.45, 7) is 15.3. The molecule has 0 aliphatic heterocycles. The molecule has 6 heteroatoms. The van der Waals surface area contributed by atoms with Crippen LogP contribution in [-0.2, 0) is 23.7 Å². The number of halogens is 1. The third-order valence-electron chi connectivity index (χ3n) is 6.36. The van der Waals surface area contributed by atoms with Crippen molar-refractivity contribution in [3.63, 3.8) is 0 Å². The van der Waals surface area contributed by atoms with Gasteiger partial charge in [0, 0.05) is 32.7 Å². The predicted molar refractivity (Wildman–Crippen MR) is 141 cm³/mol. The van der Waals surface area contributed by atoms with Crippen molar-refractivity contribution < 1.29 is 23.7 Å². The Morgan fingerprint density at radius 3 is 2.09 bits per heavy atom. The van der Waals surface area contributed by atoms with Gasteiger partial charge in [-0.1, -0.05) is 77.1 Å². The summed E-state index contributed by atoms with van der Waals surface area (Å²) in [4.78, 5) is 12.5. The minimum atomic E-state index is -0.196. The zero-order valence-electron chi connectivity index (χ0n) is 21.9. The number of carbonyl (C=O) groups is 1. The Bertz CT molecular complexity index is 510. The fourth-order valence-electron chi connectivity index (χ4n) is 4.13. The Hall–Kier alpha value is -0.180. The van der Waals surface area contributed by atoms with Crippen LogP contribution >= 0.6 is 22.6 Å². The molecule has 0 bridgehead atoms. The van der Waals surface area contributed by atoms with Crippen molar-refractivity contribution in [3.8, 4) is 0 Å². The lowest BCUT2D eigenvalue weighted by molar-refractivity contribution is -0.159. The van der Waals surface area contributed by atoms with Gasteiger partial charge in [0.25, 0.3) is 0 Å². The van der Waals surface area contributed by atoms with Crippen LogP contribution in [0.15, 0.2) is 10.2 Å². The molecule has 190 valence electrons. The standard InChI is InChI=1S/C26H49IO5/c1-10-16-31-22(11-2)17-24(29-8)19(5)12-13-23(32-26(28)18(3)4)21(7)25(30-9)20(6)14-15-27/h14-15,18-25H,10-13,16-17H2,1-9H3/b15-14+. The first-order valence-corrected chi connectivity index (χ1v) is 13.6. The maximum absolute atomic E-state index is 12.5. The molecule has 0 radical (unpaired) electrons. The number of rotatable bonds is 18. The monoisotopic (exact) mass is 568 g/mol. The van der Waals surface area contributed by atoms with Gasteiger partial charge in [-0.3, -0.25) is 4.79 Å². The second-order valence-corrected chi connectivity index (χ2v) is 10.1. The number of esters is 1. The van der Waals surface area contributed by atoms with Gasteiger partial charge < -0.3 is 18.9 Å². The van der Waals surface area contributed by atoms with Gasteiger partial charge >= 0.3 is 5.97 Å². The van der Waals surface area contributed by atoms with E-state index in [0.29, 0.717) is 5.92 Å². The molecular formula is C26H49IO5. The van der Waals surface area contributed by atoms with E-state index in [1.807, 2.05) is 17.9 Å². The van der Waals surface area contributed by atoms with E-state index >= 15 is 0 Å². The summed E-state index contributed by atoms with van der Waals surface area (Å²) in [7, 11) is 3.52. The van der Waals surface area contributed by atoms with Gasteiger partial charge in [-0.25, -0.2) is 0 Å². The van der Waals surface area contributed by atoms with Crippen LogP contribution in [0, 0.1) is 23.7 Å². The van der Waals surface area contributed by atoms with Gasteiger partial charge in [-0.15, -0.1) is 0 Å². The topological polar surface area (TPSA) is 54.0 Å². The highest BCUT2D eigenvalue weighted by molar-refractivity contribution is 14.1. The van der Waals surface area contributed by atoms with Gasteiger partial charge in [-0.05, 0) is 42.1 Å². The van der Waals surface area contributed by atoms with E-state index < -0.39 is 0 Å². The van der Waals surface area contributed by atoms with Crippen LogP contribution in [0.4, 0.5) is 0 Å². The van der Waals surface area contributed by atoms with E-state index in [-0.39, 0.29) is 48.1 Å². The normalized spacial score (nSPS) is 18.8. The van der Waals surface area contributed by atoms with Crippen molar-refractivity contribution in [2.75, 3.05) is 20.8 Å². The summed E-state index contributed by atoms with van der Waals surface area (Å²) in [5.74, 6) is 0.345. The SMILES string of the molecule is CCCOC(CC)CC(OC)C(C)CCC(OC(=O)C(C)C)C(C)C(OC)C(C)/C=C/I. The molecule has 7 unspecified atom stereocenters. The molecule has 0 aromatic carbocycles. The molecule has 5 nitrogen and oxygen atoms in total. The number of ether oxygens (including phenoxy) is 4. The molecule has 7 atom stereocenters. The first-order valence-electron chi connectivity index (χ1n) is 12.3. The maximum atomic E-state index is 12.5. The van der Waals surface area contributed by atoms with Crippen molar-refractivity contribution in [2.45, 2.75) is 105 Å². The summed E-state index contributed by atoms with van der Waals surface area (Å²) in [5, 5.41) is 0. The predicted octanol–water partition coefficient (Wildman–Crippen LogP) is 6.82. The van der Waals surface area contributed by atoms with Crippen molar-refractivity contribution >= 4 is 28.6 Å². The van der Waals surface area contributed by atoms with Crippen LogP contribution in [0.25, 0.3) is 0 Å². The first kappa shape index (κ1) is 31.8. The average Bonchev–Trinajstić information content (AvgIpc) is 2.76. The lowest BCUT2D eigenvalue weighted by atomic mass is 9.84. The quantitative estimate of drug-likeness (QED) is 0.134. The van der Waals surface area contributed by atoms with E-state index in [2.05, 4.69) is 63.3 Å². The highest BCUT2D eigenvalue weighted by Crippen LogP contribution is 2.29. The van der Waals surface area contributed by atoms with Crippen LogP contribution in [-0.4, -0.2) is 51.2 Å². The van der Waals surface area contributed by atoms with Gasteiger partial charge in [0.15, 0.2) is 0 Å². The highest BCUT2D eigenvalue weighted by atomic mass is 127. The van der Waals surface area contributed by atoms with Crippen LogP contribution in [0.3, 0.4) is 0 Å². The van der Waals surface area contributed by atoms with E-state index in [1.54, 1.807) is 14.2 Å². The largest absolute Gasteiger partial charge is 0.462 e. The van der Waals surface area contributed by atoms with Crippen molar-refractivity contribution in [2.24, 2.45) is 23.7 Å². The molecule has 0 spiro atoms.